The maximum Gasteiger partial charge on any atom is 0.472 e. The number of phosphoric acid groups is 1. The third kappa shape index (κ3) is 3.64. The number of fused-ring (bicyclic) bond motifs is 1. The number of imidazole rings is 1. The number of hydrogen-bond donors (Lipinski definition) is 3. The molecule has 27 heavy (non-hydrogen) atoms. The van der Waals surface area contributed by atoms with Crippen LogP contribution >= 0.6 is 7.82 Å². The molecule has 2 aromatic heterocycles. The molecule has 0 aliphatic carbocycles. The Morgan fingerprint density at radius 1 is 1.56 bits per heavy atom. The van der Waals surface area contributed by atoms with Crippen LogP contribution in [0, 0.1) is 0 Å². The Kier molecular flexibility index (Phi) is 5.39. The first-order valence-electron chi connectivity index (χ1n) is 8.21. The van der Waals surface area contributed by atoms with Gasteiger partial charge in [-0.15, -0.1) is 0 Å². The van der Waals surface area contributed by atoms with Gasteiger partial charge in [0.05, 0.1) is 12.9 Å². The molecular formula is C14H22N5O7P. The summed E-state index contributed by atoms with van der Waals surface area (Å²) in [5.41, 5.74) is 4.50. The van der Waals surface area contributed by atoms with Crippen LogP contribution in [0.2, 0.25) is 0 Å². The molecular weight excluding hydrogens is 381 g/mol. The summed E-state index contributed by atoms with van der Waals surface area (Å²) in [7, 11) is -1.68. The van der Waals surface area contributed by atoms with Gasteiger partial charge in [-0.3, -0.25) is 23.4 Å². The van der Waals surface area contributed by atoms with E-state index in [0.717, 1.165) is 7.11 Å². The summed E-state index contributed by atoms with van der Waals surface area (Å²) in [6, 6.07) is 0. The largest absolute Gasteiger partial charge is 0.472 e. The van der Waals surface area contributed by atoms with Crippen LogP contribution in [0.15, 0.2) is 11.1 Å². The van der Waals surface area contributed by atoms with E-state index in [2.05, 4.69) is 19.5 Å². The number of phosphoric ester groups is 1. The first-order chi connectivity index (χ1) is 12.7. The summed E-state index contributed by atoms with van der Waals surface area (Å²) in [6.45, 7) is 1.97. The fourth-order valence-electron chi connectivity index (χ4n) is 3.24. The molecule has 0 amide bonds. The van der Waals surface area contributed by atoms with E-state index in [9.17, 15) is 14.3 Å². The van der Waals surface area contributed by atoms with Gasteiger partial charge in [0, 0.05) is 20.6 Å². The second-order valence-electron chi connectivity index (χ2n) is 6.18. The summed E-state index contributed by atoms with van der Waals surface area (Å²) in [6.07, 6.45) is 0.557. The predicted octanol–water partition coefficient (Wildman–Crippen LogP) is 0.548. The van der Waals surface area contributed by atoms with Gasteiger partial charge in [0.25, 0.3) is 5.56 Å². The number of aromatic nitrogens is 4. The Morgan fingerprint density at radius 3 is 2.93 bits per heavy atom. The first kappa shape index (κ1) is 19.9. The fraction of sp³-hybridized carbons (Fsp3) is 0.643. The number of methoxy groups -OCH3 is 1. The van der Waals surface area contributed by atoms with E-state index in [1.807, 2.05) is 6.92 Å². The molecule has 0 bridgehead atoms. The quantitative estimate of drug-likeness (QED) is 0.556. The van der Waals surface area contributed by atoms with Crippen LogP contribution in [0.3, 0.4) is 0 Å². The minimum Gasteiger partial charge on any atom is -0.382 e. The van der Waals surface area contributed by atoms with Crippen molar-refractivity contribution in [2.24, 2.45) is 0 Å². The Hall–Kier alpha value is -1.82. The molecule has 12 nitrogen and oxygen atoms in total. The lowest BCUT2D eigenvalue weighted by atomic mass is 9.95. The second kappa shape index (κ2) is 7.30. The van der Waals surface area contributed by atoms with Gasteiger partial charge in [0.2, 0.25) is 5.95 Å². The van der Waals surface area contributed by atoms with E-state index < -0.39 is 31.3 Å². The number of ether oxygens (including phenoxy) is 2. The number of nitrogens with one attached hydrogen (secondary N) is 1. The van der Waals surface area contributed by atoms with Crippen molar-refractivity contribution in [3.05, 3.63) is 16.7 Å². The van der Waals surface area contributed by atoms with E-state index in [4.69, 9.17) is 19.7 Å². The number of rotatable bonds is 7. The smallest absolute Gasteiger partial charge is 0.382 e. The minimum absolute atomic E-state index is 0.0575. The van der Waals surface area contributed by atoms with Crippen LogP contribution in [0.4, 0.5) is 5.95 Å². The van der Waals surface area contributed by atoms with Crippen LogP contribution in [0.5, 0.6) is 0 Å². The zero-order valence-corrected chi connectivity index (χ0v) is 16.0. The van der Waals surface area contributed by atoms with E-state index in [0.29, 0.717) is 6.42 Å². The Bertz CT molecular complexity index is 930. The van der Waals surface area contributed by atoms with E-state index >= 15 is 0 Å². The van der Waals surface area contributed by atoms with Gasteiger partial charge >= 0.3 is 7.82 Å². The number of aromatic amines is 1. The van der Waals surface area contributed by atoms with E-state index in [1.54, 1.807) is 4.57 Å². The molecule has 150 valence electrons. The molecule has 0 spiro atoms. The molecule has 13 heteroatoms. The highest BCUT2D eigenvalue weighted by Crippen LogP contribution is 2.51. The molecule has 1 saturated heterocycles. The van der Waals surface area contributed by atoms with Crippen molar-refractivity contribution in [1.82, 2.24) is 19.5 Å². The van der Waals surface area contributed by atoms with Crippen LogP contribution in [-0.2, 0) is 23.1 Å². The predicted molar refractivity (Wildman–Crippen MR) is 93.9 cm³/mol. The van der Waals surface area contributed by atoms with Crippen LogP contribution in [0.25, 0.3) is 11.2 Å². The van der Waals surface area contributed by atoms with Gasteiger partial charge in [-0.25, -0.2) is 9.55 Å². The maximum atomic E-state index is 12.0. The minimum atomic E-state index is -4.26. The van der Waals surface area contributed by atoms with Crippen molar-refractivity contribution in [2.75, 3.05) is 26.6 Å². The lowest BCUT2D eigenvalue weighted by Crippen LogP contribution is -2.44. The van der Waals surface area contributed by atoms with Crippen LogP contribution in [-0.4, -0.2) is 56.9 Å². The SMILES string of the molecule is CC[C@@]1(COC)O[C@@H](n2cnc3c(=O)[nH]c(N)nc32)CC1OP(=O)(O)OC. The summed E-state index contributed by atoms with van der Waals surface area (Å²) in [5.74, 6) is -0.0575. The molecule has 0 radical (unpaired) electrons. The van der Waals surface area contributed by atoms with E-state index in [-0.39, 0.29) is 30.1 Å². The van der Waals surface area contributed by atoms with Crippen LogP contribution < -0.4 is 11.3 Å². The first-order valence-corrected chi connectivity index (χ1v) is 9.71. The highest BCUT2D eigenvalue weighted by Gasteiger charge is 2.52. The number of nitrogen functional groups attached to an aromatic ring is 1. The molecule has 1 aliphatic heterocycles. The Labute approximate surface area is 154 Å². The lowest BCUT2D eigenvalue weighted by molar-refractivity contribution is -0.133. The molecule has 4 atom stereocenters. The molecule has 0 saturated carbocycles. The number of nitrogens with two attached hydrogens (primary N) is 1. The van der Waals surface area contributed by atoms with Gasteiger partial charge in [0.1, 0.15) is 17.9 Å². The summed E-state index contributed by atoms with van der Waals surface area (Å²) in [4.78, 5) is 32.3. The Balaban J connectivity index is 2.01. The normalized spacial score (nSPS) is 27.9. The standard InChI is InChI=1S/C14H22N5O7P/c1-4-14(6-23-2)8(26-27(21,22)24-3)5-9(25-14)19-7-16-10-11(19)17-13(15)18-12(10)20/h7-9H,4-6H2,1-3H3,(H,21,22)(H3,15,17,18,20)/t8?,9-,14+/m1/s1. The lowest BCUT2D eigenvalue weighted by Gasteiger charge is -2.32. The molecule has 4 N–H and O–H groups in total. The average molecular weight is 403 g/mol. The second-order valence-corrected chi connectivity index (χ2v) is 7.69. The highest BCUT2D eigenvalue weighted by atomic mass is 31.2. The van der Waals surface area contributed by atoms with Gasteiger partial charge in [-0.2, -0.15) is 4.98 Å². The highest BCUT2D eigenvalue weighted by molar-refractivity contribution is 7.47. The fourth-order valence-corrected chi connectivity index (χ4v) is 3.93. The molecule has 2 aromatic rings. The number of H-pyrrole nitrogens is 1. The average Bonchev–Trinajstić information content (AvgIpc) is 3.17. The summed E-state index contributed by atoms with van der Waals surface area (Å²) < 4.78 is 34.8. The topological polar surface area (TPSA) is 164 Å². The van der Waals surface area contributed by atoms with Crippen molar-refractivity contribution in [3.63, 3.8) is 0 Å². The van der Waals surface area contributed by atoms with Gasteiger partial charge in [0.15, 0.2) is 11.2 Å². The zero-order chi connectivity index (χ0) is 19.8. The summed E-state index contributed by atoms with van der Waals surface area (Å²) >= 11 is 0. The van der Waals surface area contributed by atoms with Gasteiger partial charge in [-0.05, 0) is 6.42 Å². The van der Waals surface area contributed by atoms with Crippen molar-refractivity contribution < 1.29 is 28.0 Å². The molecule has 2 unspecified atom stereocenters. The molecule has 3 heterocycles. The third-order valence-corrected chi connectivity index (χ3v) is 5.59. The van der Waals surface area contributed by atoms with Gasteiger partial charge in [-0.1, -0.05) is 6.92 Å². The summed E-state index contributed by atoms with van der Waals surface area (Å²) in [5, 5.41) is 0. The zero-order valence-electron chi connectivity index (χ0n) is 15.1. The van der Waals surface area contributed by atoms with Crippen molar-refractivity contribution >= 4 is 24.9 Å². The third-order valence-electron chi connectivity index (χ3n) is 4.61. The molecule has 1 fully saturated rings. The number of hydrogen-bond acceptors (Lipinski definition) is 9. The molecule has 1 aliphatic rings. The maximum absolute atomic E-state index is 12.0. The number of nitrogens with zero attached hydrogens (tertiary/aromatic N) is 3. The molecule has 0 aromatic carbocycles. The molecule has 3 rings (SSSR count). The van der Waals surface area contributed by atoms with Crippen molar-refractivity contribution in [3.8, 4) is 0 Å². The van der Waals surface area contributed by atoms with Crippen LogP contribution in [0.1, 0.15) is 26.0 Å². The van der Waals surface area contributed by atoms with Gasteiger partial charge < -0.3 is 20.1 Å². The van der Waals surface area contributed by atoms with Crippen molar-refractivity contribution in [1.29, 1.82) is 0 Å². The van der Waals surface area contributed by atoms with E-state index in [1.165, 1.54) is 13.4 Å². The number of anilines is 1. The van der Waals surface area contributed by atoms with Crippen molar-refractivity contribution in [2.45, 2.75) is 37.7 Å². The Morgan fingerprint density at radius 2 is 2.30 bits per heavy atom. The monoisotopic (exact) mass is 403 g/mol.